The molecule has 2 heterocycles. The van der Waals surface area contributed by atoms with Crippen LogP contribution in [0.4, 0.5) is 8.78 Å². The average molecular weight is 426 g/mol. The molecule has 1 aliphatic heterocycles. The van der Waals surface area contributed by atoms with Crippen LogP contribution in [0.1, 0.15) is 48.3 Å². The first-order chi connectivity index (χ1) is 14.7. The molecule has 1 aliphatic rings. The van der Waals surface area contributed by atoms with Crippen LogP contribution in [0.2, 0.25) is 0 Å². The topological polar surface area (TPSA) is 62.4 Å². The standard InChI is InChI=1S/C24H24F2N2O3/c1-4-31-23(30)18-12-28(22(29)14-5-7-15(25)8-6-14)13-24(2,3)20-17-11-16(26)9-10-19(17)27-21(18)20/h5-11,18,27H,4,12-13H2,1-3H3. The van der Waals surface area contributed by atoms with Crippen molar-refractivity contribution in [2.24, 2.45) is 0 Å². The van der Waals surface area contributed by atoms with Crippen molar-refractivity contribution in [3.8, 4) is 0 Å². The molecule has 0 saturated heterocycles. The van der Waals surface area contributed by atoms with Crippen molar-refractivity contribution in [1.82, 2.24) is 9.88 Å². The van der Waals surface area contributed by atoms with Crippen molar-refractivity contribution in [3.63, 3.8) is 0 Å². The number of hydrogen-bond donors (Lipinski definition) is 1. The second-order valence-electron chi connectivity index (χ2n) is 8.48. The highest BCUT2D eigenvalue weighted by Gasteiger charge is 2.41. The smallest absolute Gasteiger partial charge is 0.316 e. The van der Waals surface area contributed by atoms with Crippen LogP contribution in [0.5, 0.6) is 0 Å². The van der Waals surface area contributed by atoms with Crippen molar-refractivity contribution in [3.05, 3.63) is 70.9 Å². The Morgan fingerprint density at radius 1 is 1.13 bits per heavy atom. The van der Waals surface area contributed by atoms with Gasteiger partial charge in [-0.2, -0.15) is 0 Å². The second kappa shape index (κ2) is 7.80. The largest absolute Gasteiger partial charge is 0.465 e. The highest BCUT2D eigenvalue weighted by Crippen LogP contribution is 2.41. The monoisotopic (exact) mass is 426 g/mol. The maximum Gasteiger partial charge on any atom is 0.316 e. The molecule has 3 aromatic rings. The number of rotatable bonds is 3. The molecule has 0 saturated carbocycles. The number of amides is 1. The van der Waals surface area contributed by atoms with Crippen LogP contribution in [-0.4, -0.2) is 41.5 Å². The van der Waals surface area contributed by atoms with Gasteiger partial charge in [-0.1, -0.05) is 13.8 Å². The predicted octanol–water partition coefficient (Wildman–Crippen LogP) is 4.53. The maximum absolute atomic E-state index is 14.1. The SMILES string of the molecule is CCOC(=O)C1CN(C(=O)c2ccc(F)cc2)CC(C)(C)c2c1[nH]c1ccc(F)cc21. The van der Waals surface area contributed by atoms with Gasteiger partial charge >= 0.3 is 5.97 Å². The molecule has 0 aliphatic carbocycles. The number of aromatic amines is 1. The molecule has 1 N–H and O–H groups in total. The fourth-order valence-corrected chi connectivity index (χ4v) is 4.47. The summed E-state index contributed by atoms with van der Waals surface area (Å²) < 4.78 is 32.7. The molecule has 162 valence electrons. The first-order valence-electron chi connectivity index (χ1n) is 10.2. The van der Waals surface area contributed by atoms with Gasteiger partial charge in [0.05, 0.1) is 6.61 Å². The summed E-state index contributed by atoms with van der Waals surface area (Å²) in [4.78, 5) is 31.0. The van der Waals surface area contributed by atoms with E-state index >= 15 is 0 Å². The van der Waals surface area contributed by atoms with Gasteiger partial charge < -0.3 is 14.6 Å². The fourth-order valence-electron chi connectivity index (χ4n) is 4.47. The molecule has 1 amide bonds. The van der Waals surface area contributed by atoms with E-state index < -0.39 is 23.1 Å². The van der Waals surface area contributed by atoms with E-state index in [0.29, 0.717) is 23.2 Å². The minimum atomic E-state index is -0.753. The van der Waals surface area contributed by atoms with E-state index in [-0.39, 0.29) is 24.9 Å². The minimum Gasteiger partial charge on any atom is -0.465 e. The Morgan fingerprint density at radius 2 is 1.81 bits per heavy atom. The lowest BCUT2D eigenvalue weighted by Gasteiger charge is -2.31. The van der Waals surface area contributed by atoms with Gasteiger partial charge in [0.2, 0.25) is 0 Å². The lowest BCUT2D eigenvalue weighted by molar-refractivity contribution is -0.145. The van der Waals surface area contributed by atoms with Gasteiger partial charge in [0, 0.05) is 40.7 Å². The third kappa shape index (κ3) is 3.80. The Morgan fingerprint density at radius 3 is 2.48 bits per heavy atom. The number of carbonyl (C=O) groups excluding carboxylic acids is 2. The van der Waals surface area contributed by atoms with Gasteiger partial charge in [0.1, 0.15) is 17.6 Å². The van der Waals surface area contributed by atoms with Crippen molar-refractivity contribution in [1.29, 1.82) is 0 Å². The Balaban J connectivity index is 1.84. The predicted molar refractivity (Wildman–Crippen MR) is 113 cm³/mol. The maximum atomic E-state index is 14.1. The molecule has 31 heavy (non-hydrogen) atoms. The Labute approximate surface area is 179 Å². The van der Waals surface area contributed by atoms with Crippen LogP contribution in [0, 0.1) is 11.6 Å². The summed E-state index contributed by atoms with van der Waals surface area (Å²) in [5.41, 5.74) is 1.92. The van der Waals surface area contributed by atoms with Crippen molar-refractivity contribution in [2.45, 2.75) is 32.1 Å². The fraction of sp³-hybridized carbons (Fsp3) is 0.333. The number of halogens is 2. The zero-order valence-electron chi connectivity index (χ0n) is 17.7. The van der Waals surface area contributed by atoms with E-state index in [2.05, 4.69) is 4.98 Å². The lowest BCUT2D eigenvalue weighted by atomic mass is 9.81. The number of fused-ring (bicyclic) bond motifs is 3. The van der Waals surface area contributed by atoms with E-state index in [1.165, 1.54) is 36.4 Å². The number of nitrogens with one attached hydrogen (secondary N) is 1. The van der Waals surface area contributed by atoms with Crippen molar-refractivity contribution >= 4 is 22.8 Å². The van der Waals surface area contributed by atoms with Gasteiger partial charge in [-0.15, -0.1) is 0 Å². The zero-order chi connectivity index (χ0) is 22.3. The van der Waals surface area contributed by atoms with Crippen LogP contribution in [0.25, 0.3) is 10.9 Å². The highest BCUT2D eigenvalue weighted by molar-refractivity contribution is 5.96. The van der Waals surface area contributed by atoms with E-state index in [4.69, 9.17) is 4.74 Å². The third-order valence-electron chi connectivity index (χ3n) is 5.75. The third-order valence-corrected chi connectivity index (χ3v) is 5.75. The molecule has 2 aromatic carbocycles. The molecule has 0 fully saturated rings. The number of hydrogen-bond acceptors (Lipinski definition) is 3. The number of nitrogens with zero attached hydrogens (tertiary/aromatic N) is 1. The molecule has 1 unspecified atom stereocenters. The second-order valence-corrected chi connectivity index (χ2v) is 8.48. The molecule has 0 bridgehead atoms. The van der Waals surface area contributed by atoms with Gasteiger partial charge in [-0.25, -0.2) is 8.78 Å². The first kappa shape index (κ1) is 21.0. The molecule has 0 spiro atoms. The van der Waals surface area contributed by atoms with E-state index in [0.717, 1.165) is 11.1 Å². The van der Waals surface area contributed by atoms with Gasteiger partial charge in [-0.05, 0) is 55.0 Å². The summed E-state index contributed by atoms with van der Waals surface area (Å²) in [7, 11) is 0. The number of carbonyl (C=O) groups is 2. The number of ether oxygens (including phenoxy) is 1. The number of esters is 1. The van der Waals surface area contributed by atoms with Gasteiger partial charge in [0.15, 0.2) is 0 Å². The summed E-state index contributed by atoms with van der Waals surface area (Å²) in [6.07, 6.45) is 0. The molecule has 1 atom stereocenters. The van der Waals surface area contributed by atoms with Crippen molar-refractivity contribution in [2.75, 3.05) is 19.7 Å². The molecule has 4 rings (SSSR count). The summed E-state index contributed by atoms with van der Waals surface area (Å²) in [6.45, 7) is 6.25. The Bertz CT molecular complexity index is 1150. The summed E-state index contributed by atoms with van der Waals surface area (Å²) in [6, 6.07) is 9.80. The van der Waals surface area contributed by atoms with E-state index in [1.807, 2.05) is 13.8 Å². The molecular weight excluding hydrogens is 402 g/mol. The van der Waals surface area contributed by atoms with E-state index in [1.54, 1.807) is 17.9 Å². The number of H-pyrrole nitrogens is 1. The lowest BCUT2D eigenvalue weighted by Crippen LogP contribution is -2.41. The minimum absolute atomic E-state index is 0.0980. The quantitative estimate of drug-likeness (QED) is 0.626. The molecular formula is C24H24F2N2O3. The molecule has 7 heteroatoms. The number of aromatic nitrogens is 1. The van der Waals surface area contributed by atoms with Crippen LogP contribution < -0.4 is 0 Å². The summed E-state index contributed by atoms with van der Waals surface area (Å²) in [5.74, 6) is -2.31. The van der Waals surface area contributed by atoms with Crippen LogP contribution >= 0.6 is 0 Å². The van der Waals surface area contributed by atoms with Crippen LogP contribution in [0.3, 0.4) is 0 Å². The van der Waals surface area contributed by atoms with Crippen LogP contribution in [-0.2, 0) is 14.9 Å². The average Bonchev–Trinajstić information content (AvgIpc) is 3.04. The van der Waals surface area contributed by atoms with Crippen molar-refractivity contribution < 1.29 is 23.1 Å². The van der Waals surface area contributed by atoms with E-state index in [9.17, 15) is 18.4 Å². The molecule has 1 aromatic heterocycles. The van der Waals surface area contributed by atoms with Gasteiger partial charge in [-0.3, -0.25) is 9.59 Å². The van der Waals surface area contributed by atoms with Crippen LogP contribution in [0.15, 0.2) is 42.5 Å². The Kier molecular flexibility index (Phi) is 5.29. The van der Waals surface area contributed by atoms with Gasteiger partial charge in [0.25, 0.3) is 5.91 Å². The number of benzene rings is 2. The Hall–Kier alpha value is -3.22. The zero-order valence-corrected chi connectivity index (χ0v) is 17.7. The normalized spacial score (nSPS) is 17.8. The highest BCUT2D eigenvalue weighted by atomic mass is 19.1. The molecule has 0 radical (unpaired) electrons. The first-order valence-corrected chi connectivity index (χ1v) is 10.2. The summed E-state index contributed by atoms with van der Waals surface area (Å²) >= 11 is 0. The molecule has 5 nitrogen and oxygen atoms in total. The summed E-state index contributed by atoms with van der Waals surface area (Å²) in [5, 5.41) is 0.686.